The number of alkyl halides is 3. The lowest BCUT2D eigenvalue weighted by atomic mass is 9.89. The van der Waals surface area contributed by atoms with Gasteiger partial charge in [0.15, 0.2) is 17.2 Å². The number of pyridine rings is 1. The fraction of sp³-hybridized carbons (Fsp3) is 0.387. The maximum Gasteiger partial charge on any atom is 0.424 e. The van der Waals surface area contributed by atoms with E-state index in [1.54, 1.807) is 20.8 Å². The Bertz CT molecular complexity index is 1560. The third-order valence-electron chi connectivity index (χ3n) is 7.14. The second-order valence-electron chi connectivity index (χ2n) is 10.8. The van der Waals surface area contributed by atoms with E-state index >= 15 is 0 Å². The lowest BCUT2D eigenvalue weighted by Crippen LogP contribution is -2.51. The Labute approximate surface area is 256 Å². The normalized spacial score (nSPS) is 17.8. The van der Waals surface area contributed by atoms with Crippen LogP contribution in [0.5, 0.6) is 17.2 Å². The Hall–Kier alpha value is -4.43. The van der Waals surface area contributed by atoms with E-state index in [4.69, 9.17) is 24.7 Å². The molecule has 0 radical (unpaired) electrons. The number of benzene rings is 2. The van der Waals surface area contributed by atoms with Gasteiger partial charge in [0.05, 0.1) is 24.9 Å². The first kappa shape index (κ1) is 33.5. The van der Waals surface area contributed by atoms with Crippen LogP contribution in [0.25, 0.3) is 11.3 Å². The Morgan fingerprint density at radius 1 is 1.16 bits per heavy atom. The number of carbonyl (C=O) groups excluding carboxylic acids is 2. The highest BCUT2D eigenvalue weighted by atomic mass is 19.4. The molecule has 14 heteroatoms. The minimum atomic E-state index is -5.31. The zero-order chi connectivity index (χ0) is 33.2. The lowest BCUT2D eigenvalue weighted by molar-refractivity contribution is -0.265. The first-order valence-electron chi connectivity index (χ1n) is 13.9. The highest BCUT2D eigenvalue weighted by molar-refractivity contribution is 5.95. The van der Waals surface area contributed by atoms with Crippen molar-refractivity contribution >= 4 is 11.9 Å². The molecule has 0 aliphatic carbocycles. The number of aromatic nitrogens is 1. The minimum absolute atomic E-state index is 0.0210. The van der Waals surface area contributed by atoms with Crippen molar-refractivity contribution in [3.63, 3.8) is 0 Å². The van der Waals surface area contributed by atoms with Gasteiger partial charge < -0.3 is 35.1 Å². The number of hydrogen-bond donors (Lipinski definition) is 3. The zero-order valence-electron chi connectivity index (χ0n) is 25.0. The molecule has 4 rings (SSSR count). The molecule has 1 amide bonds. The van der Waals surface area contributed by atoms with Crippen molar-refractivity contribution in [2.75, 3.05) is 26.9 Å². The van der Waals surface area contributed by atoms with E-state index in [9.17, 15) is 32.3 Å². The molecule has 1 aromatic heterocycles. The number of esters is 1. The molecule has 3 atom stereocenters. The molecule has 10 nitrogen and oxygen atoms in total. The summed E-state index contributed by atoms with van der Waals surface area (Å²) in [6.07, 6.45) is -5.69. The van der Waals surface area contributed by atoms with Crippen LogP contribution in [0, 0.1) is 5.82 Å². The Morgan fingerprint density at radius 3 is 2.47 bits per heavy atom. The van der Waals surface area contributed by atoms with E-state index in [0.717, 1.165) is 18.2 Å². The van der Waals surface area contributed by atoms with Crippen molar-refractivity contribution in [1.29, 1.82) is 0 Å². The summed E-state index contributed by atoms with van der Waals surface area (Å²) < 4.78 is 79.0. The van der Waals surface area contributed by atoms with Crippen LogP contribution in [0.4, 0.5) is 17.6 Å². The third-order valence-corrected chi connectivity index (χ3v) is 7.14. The summed E-state index contributed by atoms with van der Waals surface area (Å²) in [5.74, 6) is -1.54. The predicted molar refractivity (Wildman–Crippen MR) is 153 cm³/mol. The van der Waals surface area contributed by atoms with Gasteiger partial charge in [-0.3, -0.25) is 9.59 Å². The van der Waals surface area contributed by atoms with E-state index in [2.05, 4.69) is 10.3 Å². The monoisotopic (exact) mass is 635 g/mol. The average Bonchev–Trinajstić information content (AvgIpc) is 3.31. The van der Waals surface area contributed by atoms with Crippen LogP contribution < -0.4 is 25.3 Å². The van der Waals surface area contributed by atoms with Crippen molar-refractivity contribution in [1.82, 2.24) is 10.3 Å². The van der Waals surface area contributed by atoms with E-state index in [1.807, 2.05) is 0 Å². The number of aliphatic hydroxyl groups is 1. The summed E-state index contributed by atoms with van der Waals surface area (Å²) in [4.78, 5) is 28.6. The van der Waals surface area contributed by atoms with Crippen LogP contribution in [0.1, 0.15) is 48.8 Å². The summed E-state index contributed by atoms with van der Waals surface area (Å²) in [5.41, 5.74) is 0.778. The number of ether oxygens (including phenoxy) is 4. The second kappa shape index (κ2) is 12.9. The van der Waals surface area contributed by atoms with Crippen molar-refractivity contribution in [3.8, 4) is 28.5 Å². The fourth-order valence-corrected chi connectivity index (χ4v) is 4.54. The summed E-state index contributed by atoms with van der Waals surface area (Å²) >= 11 is 0. The summed E-state index contributed by atoms with van der Waals surface area (Å²) in [5, 5.41) is 13.3. The van der Waals surface area contributed by atoms with Crippen LogP contribution in [0.3, 0.4) is 0 Å². The summed E-state index contributed by atoms with van der Waals surface area (Å²) in [7, 11) is 1.31. The van der Waals surface area contributed by atoms with Gasteiger partial charge in [0.25, 0.3) is 5.91 Å². The molecule has 0 fully saturated rings. The molecule has 1 aliphatic heterocycles. The van der Waals surface area contributed by atoms with Gasteiger partial charge >= 0.3 is 12.1 Å². The third kappa shape index (κ3) is 7.12. The number of nitrogens with zero attached hydrogens (tertiary/aromatic N) is 1. The van der Waals surface area contributed by atoms with E-state index in [-0.39, 0.29) is 59.3 Å². The standard InChI is InChI=1S/C31H33F4N3O7/c1-5-25(39)45-17(2)14-43-22-11-8-19(12-23(22)42-4)28(40)37-15-30(41,31(33,34)35)24-13-21-27(44-16-29(21,3)36)26(38-24)18-6-9-20(32)10-7-18/h6-13,17,41H,5,14-16,36H2,1-4H3,(H,37,40). The molecule has 0 saturated carbocycles. The molecule has 2 heterocycles. The van der Waals surface area contributed by atoms with Gasteiger partial charge in [-0.15, -0.1) is 0 Å². The minimum Gasteiger partial charge on any atom is -0.493 e. The zero-order valence-corrected chi connectivity index (χ0v) is 25.0. The van der Waals surface area contributed by atoms with E-state index < -0.39 is 53.4 Å². The van der Waals surface area contributed by atoms with Gasteiger partial charge in [-0.25, -0.2) is 9.37 Å². The number of amides is 1. The maximum atomic E-state index is 14.6. The largest absolute Gasteiger partial charge is 0.493 e. The van der Waals surface area contributed by atoms with Crippen molar-refractivity contribution in [3.05, 3.63) is 71.2 Å². The average molecular weight is 636 g/mol. The first-order chi connectivity index (χ1) is 21.1. The number of fused-ring (bicyclic) bond motifs is 1. The maximum absolute atomic E-state index is 14.6. The summed E-state index contributed by atoms with van der Waals surface area (Å²) in [6.45, 7) is 3.41. The number of methoxy groups -OCH3 is 1. The van der Waals surface area contributed by atoms with Crippen molar-refractivity contribution in [2.45, 2.75) is 50.6 Å². The predicted octanol–water partition coefficient (Wildman–Crippen LogP) is 4.36. The first-order valence-corrected chi connectivity index (χ1v) is 13.9. The van der Waals surface area contributed by atoms with Gasteiger partial charge in [0, 0.05) is 23.1 Å². The fourth-order valence-electron chi connectivity index (χ4n) is 4.54. The van der Waals surface area contributed by atoms with Crippen LogP contribution in [0.15, 0.2) is 48.5 Å². The van der Waals surface area contributed by atoms with Gasteiger partial charge in [0.2, 0.25) is 5.60 Å². The number of nitrogens with two attached hydrogens (primary N) is 1. The molecule has 3 aromatic rings. The van der Waals surface area contributed by atoms with Gasteiger partial charge in [-0.1, -0.05) is 6.92 Å². The van der Waals surface area contributed by atoms with E-state index in [0.29, 0.717) is 0 Å². The topological polar surface area (TPSA) is 142 Å². The Morgan fingerprint density at radius 2 is 1.84 bits per heavy atom. The molecule has 4 N–H and O–H groups in total. The highest BCUT2D eigenvalue weighted by Gasteiger charge is 2.57. The van der Waals surface area contributed by atoms with Gasteiger partial charge in [-0.2, -0.15) is 13.2 Å². The highest BCUT2D eigenvalue weighted by Crippen LogP contribution is 2.46. The van der Waals surface area contributed by atoms with Crippen molar-refractivity contribution < 1.29 is 51.2 Å². The number of hydrogen-bond acceptors (Lipinski definition) is 9. The molecular weight excluding hydrogens is 602 g/mol. The van der Waals surface area contributed by atoms with Crippen LogP contribution >= 0.6 is 0 Å². The van der Waals surface area contributed by atoms with E-state index in [1.165, 1.54) is 37.4 Å². The Kier molecular flexibility index (Phi) is 9.59. The molecule has 0 saturated heterocycles. The summed E-state index contributed by atoms with van der Waals surface area (Å²) in [6, 6.07) is 9.75. The Balaban J connectivity index is 1.61. The van der Waals surface area contributed by atoms with Crippen LogP contribution in [-0.2, 0) is 20.7 Å². The molecular formula is C31H33F4N3O7. The smallest absolute Gasteiger partial charge is 0.424 e. The molecule has 0 spiro atoms. The molecule has 1 aliphatic rings. The number of nitrogens with one attached hydrogen (secondary N) is 1. The second-order valence-corrected chi connectivity index (χ2v) is 10.8. The molecule has 242 valence electrons. The SMILES string of the molecule is CCC(=O)OC(C)COc1ccc(C(=O)NCC(O)(c2cc3c(c(-c4ccc(F)cc4)n2)OCC3(C)N)C(F)(F)F)cc1OC. The quantitative estimate of drug-likeness (QED) is 0.207. The van der Waals surface area contributed by atoms with Crippen molar-refractivity contribution in [2.24, 2.45) is 5.73 Å². The van der Waals surface area contributed by atoms with Crippen LogP contribution in [0.2, 0.25) is 0 Å². The molecule has 2 aromatic carbocycles. The molecule has 0 bridgehead atoms. The number of rotatable bonds is 11. The van der Waals surface area contributed by atoms with Gasteiger partial charge in [0.1, 0.15) is 30.8 Å². The number of carbonyl (C=O) groups is 2. The molecule has 3 unspecified atom stereocenters. The lowest BCUT2D eigenvalue weighted by Gasteiger charge is -2.31. The molecule has 45 heavy (non-hydrogen) atoms. The van der Waals surface area contributed by atoms with Gasteiger partial charge in [-0.05, 0) is 62.4 Å². The number of halogens is 4. The van der Waals surface area contributed by atoms with Crippen LogP contribution in [-0.4, -0.2) is 61.1 Å².